The Morgan fingerprint density at radius 1 is 0.933 bits per heavy atom. The third-order valence-corrected chi connectivity index (χ3v) is 15.6. The number of aliphatic imine (C=N–C) groups is 1. The zero-order valence-corrected chi connectivity index (χ0v) is 43.0. The van der Waals surface area contributed by atoms with Gasteiger partial charge in [0.1, 0.15) is 25.3 Å². The minimum atomic E-state index is -0.890. The van der Waals surface area contributed by atoms with E-state index in [1.807, 2.05) is 60.4 Å². The number of methoxy groups -OCH3 is 1. The summed E-state index contributed by atoms with van der Waals surface area (Å²) in [7, 11) is 1.49. The number of phenolic OH excluding ortho intramolecular Hbond substituents is 1. The van der Waals surface area contributed by atoms with Crippen LogP contribution < -0.4 is 41.4 Å². The van der Waals surface area contributed by atoms with E-state index in [1.54, 1.807) is 36.2 Å². The molecule has 396 valence electrons. The molecule has 7 N–H and O–H groups in total. The highest BCUT2D eigenvalue weighted by atomic mass is 35.5. The number of Topliss-reactive ketones (excluding diaryl/α,β-unsaturated/α-hetero) is 1. The lowest BCUT2D eigenvalue weighted by Gasteiger charge is -2.69. The highest BCUT2D eigenvalue weighted by Crippen LogP contribution is 2.74. The van der Waals surface area contributed by atoms with Gasteiger partial charge < -0.3 is 56.1 Å². The second-order valence-corrected chi connectivity index (χ2v) is 21.1. The number of nitrogens with two attached hydrogens (primary N) is 1. The largest absolute Gasteiger partial charge is 0.507 e. The summed E-state index contributed by atoms with van der Waals surface area (Å²) in [5, 5.41) is 23.3. The molecule has 5 atom stereocenters. The van der Waals surface area contributed by atoms with Crippen LogP contribution >= 0.6 is 11.6 Å². The number of alkyl halides is 1. The molecule has 6 aliphatic rings. The number of rotatable bonds is 22. The molecule has 4 fully saturated rings. The van der Waals surface area contributed by atoms with E-state index in [9.17, 15) is 38.7 Å². The lowest BCUT2D eigenvalue weighted by molar-refractivity contribution is -0.215. The average Bonchev–Trinajstić information content (AvgIpc) is 3.91. The summed E-state index contributed by atoms with van der Waals surface area (Å²) in [6.45, 7) is 3.26. The number of phenols is 1. The SMILES string of the molecule is COc1cc2c(cc1OCC13CC(C(=O)N4C[C@@H](CCl)c5c4cc(O)c4cccc(C)c54)(C1)C3)N=C[C@@H]1CCC(NC(=O)COCNC(=O)CC(C)CC(=O)[C@H](Cc3ccccc3)NC(=O)CNC(=O)CN)N1C2=O. The first-order valence-electron chi connectivity index (χ1n) is 25.4. The number of benzene rings is 4. The maximum absolute atomic E-state index is 14.3. The third kappa shape index (κ3) is 10.9. The highest BCUT2D eigenvalue weighted by Gasteiger charge is 2.72. The average molecular weight is 1050 g/mol. The van der Waals surface area contributed by atoms with Crippen molar-refractivity contribution >= 4 is 81.2 Å². The minimum absolute atomic E-state index is 0.0109. The van der Waals surface area contributed by atoms with Crippen LogP contribution in [0.4, 0.5) is 11.4 Å². The Kier molecular flexibility index (Phi) is 15.5. The second kappa shape index (κ2) is 22.0. The molecule has 1 saturated heterocycles. The van der Waals surface area contributed by atoms with E-state index in [0.29, 0.717) is 68.3 Å². The Morgan fingerprint density at radius 3 is 2.44 bits per heavy atom. The van der Waals surface area contributed by atoms with Crippen molar-refractivity contribution in [1.82, 2.24) is 26.2 Å². The van der Waals surface area contributed by atoms with Gasteiger partial charge in [0.15, 0.2) is 17.3 Å². The molecule has 0 spiro atoms. The van der Waals surface area contributed by atoms with Crippen molar-refractivity contribution in [2.24, 2.45) is 27.5 Å². The van der Waals surface area contributed by atoms with Crippen LogP contribution in [0.5, 0.6) is 17.2 Å². The van der Waals surface area contributed by atoms with Gasteiger partial charge in [-0.05, 0) is 79.5 Å². The summed E-state index contributed by atoms with van der Waals surface area (Å²) >= 11 is 6.50. The molecule has 19 nitrogen and oxygen atoms in total. The minimum Gasteiger partial charge on any atom is -0.507 e. The molecule has 20 heteroatoms. The van der Waals surface area contributed by atoms with E-state index in [2.05, 4.69) is 21.3 Å². The molecule has 3 saturated carbocycles. The third-order valence-electron chi connectivity index (χ3n) is 15.2. The molecule has 0 radical (unpaired) electrons. The number of halogens is 1. The lowest BCUT2D eigenvalue weighted by atomic mass is 9.35. The number of nitrogens with one attached hydrogen (secondary N) is 4. The van der Waals surface area contributed by atoms with Crippen LogP contribution in [0.3, 0.4) is 0 Å². The number of amides is 6. The molecule has 3 aliphatic heterocycles. The van der Waals surface area contributed by atoms with Crippen LogP contribution in [0.25, 0.3) is 10.8 Å². The predicted molar refractivity (Wildman–Crippen MR) is 279 cm³/mol. The fraction of sp³-hybridized carbons (Fsp3) is 0.455. The summed E-state index contributed by atoms with van der Waals surface area (Å²) < 4.78 is 17.6. The second-order valence-electron chi connectivity index (χ2n) is 20.8. The van der Waals surface area contributed by atoms with Gasteiger partial charge in [-0.2, -0.15) is 0 Å². The lowest BCUT2D eigenvalue weighted by Crippen LogP contribution is -2.70. The monoisotopic (exact) mass is 1050 g/mol. The number of hydrogen-bond acceptors (Lipinski definition) is 13. The van der Waals surface area contributed by atoms with E-state index >= 15 is 0 Å². The Hall–Kier alpha value is -7.09. The van der Waals surface area contributed by atoms with Gasteiger partial charge in [-0.15, -0.1) is 11.6 Å². The highest BCUT2D eigenvalue weighted by molar-refractivity contribution is 6.19. The first-order valence-corrected chi connectivity index (χ1v) is 25.9. The normalized spacial score (nSPS) is 22.6. The standard InChI is InChI=1S/C55H63ClN8O11/c1-31(14-42(66)39(16-33-9-5-4-6-10-33)61-48(69)23-59-47(68)21-57)15-46(67)60-30-74-25-49(70)62-45-13-12-35-22-58-38-18-44(43(73-3)17-37(38)52(71)64(35)45)75-29-54-26-55(27-54,28-54)53(72)63-24-34(20-56)51-40(63)19-41(65)36-11-7-8-32(2)50(36)51/h4-11,17-19,22,31,34-35,39,45,65H,12-16,20-21,23-30,57H2,1-3H3,(H,59,68)(H,60,67)(H,61,69)(H,62,70)/t31?,34-,35+,39+,45?,54?,55?/m1/s1. The Bertz CT molecular complexity index is 2930. The van der Waals surface area contributed by atoms with Gasteiger partial charge in [0.2, 0.25) is 29.5 Å². The molecule has 3 heterocycles. The fourth-order valence-electron chi connectivity index (χ4n) is 11.8. The zero-order valence-electron chi connectivity index (χ0n) is 42.2. The molecule has 10 rings (SSSR count). The van der Waals surface area contributed by atoms with Crippen molar-refractivity contribution in [3.63, 3.8) is 0 Å². The van der Waals surface area contributed by atoms with Crippen molar-refractivity contribution < 1.29 is 52.9 Å². The van der Waals surface area contributed by atoms with Gasteiger partial charge in [0.05, 0.1) is 61.2 Å². The topological polar surface area (TPSA) is 260 Å². The van der Waals surface area contributed by atoms with Crippen LogP contribution in [0.15, 0.2) is 71.7 Å². The van der Waals surface area contributed by atoms with E-state index in [0.717, 1.165) is 33.2 Å². The summed E-state index contributed by atoms with van der Waals surface area (Å²) in [6, 6.07) is 18.7. The van der Waals surface area contributed by atoms with Gasteiger partial charge in [-0.1, -0.05) is 55.5 Å². The van der Waals surface area contributed by atoms with Crippen molar-refractivity contribution in [2.75, 3.05) is 57.5 Å². The molecule has 4 aromatic carbocycles. The summed E-state index contributed by atoms with van der Waals surface area (Å²) in [5.74, 6) is -1.74. The maximum Gasteiger partial charge on any atom is 0.258 e. The van der Waals surface area contributed by atoms with E-state index in [4.69, 9.17) is 36.5 Å². The van der Waals surface area contributed by atoms with E-state index in [-0.39, 0.29) is 79.3 Å². The Morgan fingerprint density at radius 2 is 1.71 bits per heavy atom. The number of ketones is 1. The summed E-state index contributed by atoms with van der Waals surface area (Å²) in [5.41, 5.74) is 8.86. The molecule has 3 aliphatic carbocycles. The molecule has 2 bridgehead atoms. The molecule has 0 aromatic heterocycles. The van der Waals surface area contributed by atoms with Crippen LogP contribution in [0, 0.1) is 23.7 Å². The van der Waals surface area contributed by atoms with Crippen LogP contribution in [-0.2, 0) is 39.9 Å². The van der Waals surface area contributed by atoms with Gasteiger partial charge >= 0.3 is 0 Å². The molecule has 6 amide bonds. The smallest absolute Gasteiger partial charge is 0.258 e. The van der Waals surface area contributed by atoms with Crippen LogP contribution in [0.1, 0.15) is 84.8 Å². The number of nitrogens with zero attached hydrogens (tertiary/aromatic N) is 3. The van der Waals surface area contributed by atoms with E-state index < -0.39 is 59.8 Å². The predicted octanol–water partition coefficient (Wildman–Crippen LogP) is 4.42. The number of ether oxygens (including phenoxy) is 3. The number of carbonyl (C=O) groups is 7. The molecule has 2 unspecified atom stereocenters. The van der Waals surface area contributed by atoms with E-state index in [1.165, 1.54) is 7.11 Å². The first kappa shape index (κ1) is 52.8. The van der Waals surface area contributed by atoms with Crippen LogP contribution in [0.2, 0.25) is 0 Å². The van der Waals surface area contributed by atoms with Gasteiger partial charge in [-0.25, -0.2) is 0 Å². The summed E-state index contributed by atoms with van der Waals surface area (Å²) in [6.07, 6.45) is 4.23. The molecular weight excluding hydrogens is 984 g/mol. The number of carbonyl (C=O) groups excluding carboxylic acids is 7. The van der Waals surface area contributed by atoms with Gasteiger partial charge in [0, 0.05) is 60.3 Å². The maximum atomic E-state index is 14.3. The fourth-order valence-corrected chi connectivity index (χ4v) is 12.0. The summed E-state index contributed by atoms with van der Waals surface area (Å²) in [4.78, 5) is 100. The Labute approximate surface area is 439 Å². The van der Waals surface area contributed by atoms with Gasteiger partial charge in [0.25, 0.3) is 5.91 Å². The van der Waals surface area contributed by atoms with Crippen molar-refractivity contribution in [3.05, 3.63) is 89.0 Å². The van der Waals surface area contributed by atoms with Gasteiger partial charge in [-0.3, -0.25) is 38.6 Å². The van der Waals surface area contributed by atoms with Crippen molar-refractivity contribution in [3.8, 4) is 17.2 Å². The Balaban J connectivity index is 0.734. The van der Waals surface area contributed by atoms with Crippen LogP contribution in [-0.4, -0.2) is 128 Å². The van der Waals surface area contributed by atoms with Crippen molar-refractivity contribution in [2.45, 2.75) is 89.4 Å². The number of aryl methyl sites for hydroxylation is 1. The quantitative estimate of drug-likeness (QED) is 0.0363. The molecule has 75 heavy (non-hydrogen) atoms. The number of anilines is 1. The molecular formula is C55H63ClN8O11. The zero-order chi connectivity index (χ0) is 53.2. The van der Waals surface area contributed by atoms with Crippen molar-refractivity contribution in [1.29, 1.82) is 0 Å². The number of hydrogen-bond donors (Lipinski definition) is 6. The number of fused-ring (bicyclic) bond motifs is 5. The number of aromatic hydroxyl groups is 1. The molecule has 4 aromatic rings. The first-order chi connectivity index (χ1) is 36.0.